The number of hydrogen-bond acceptors (Lipinski definition) is 1. The van der Waals surface area contributed by atoms with E-state index in [2.05, 4.69) is 6.58 Å². The molecule has 0 bridgehead atoms. The first-order valence-electron chi connectivity index (χ1n) is 4.09. The molecule has 11 heavy (non-hydrogen) atoms. The number of ether oxygens (including phenoxy) is 1. The molecule has 0 radical (unpaired) electrons. The van der Waals surface area contributed by atoms with Crippen LogP contribution in [0.3, 0.4) is 0 Å². The van der Waals surface area contributed by atoms with Crippen LogP contribution in [0.5, 0.6) is 0 Å². The molecule has 0 heterocycles. The van der Waals surface area contributed by atoms with Crippen molar-refractivity contribution in [2.45, 2.75) is 32.1 Å². The van der Waals surface area contributed by atoms with Crippen LogP contribution in [-0.4, -0.2) is 13.7 Å². The molecule has 0 aromatic heterocycles. The summed E-state index contributed by atoms with van der Waals surface area (Å²) in [5.74, 6) is 0. The monoisotopic (exact) mass is 176 g/mol. The van der Waals surface area contributed by atoms with Gasteiger partial charge in [-0.2, -0.15) is 0 Å². The fraction of sp³-hybridized carbons (Fsp3) is 0.778. The second-order valence-electron chi connectivity index (χ2n) is 2.67. The zero-order chi connectivity index (χ0) is 8.53. The highest BCUT2D eigenvalue weighted by atomic mass is 35.5. The van der Waals surface area contributed by atoms with E-state index in [1.807, 2.05) is 0 Å². The van der Waals surface area contributed by atoms with Crippen LogP contribution in [0.25, 0.3) is 0 Å². The van der Waals surface area contributed by atoms with E-state index < -0.39 is 0 Å². The first-order chi connectivity index (χ1) is 5.27. The van der Waals surface area contributed by atoms with Gasteiger partial charge in [0.05, 0.1) is 0 Å². The van der Waals surface area contributed by atoms with Crippen molar-refractivity contribution < 1.29 is 4.74 Å². The van der Waals surface area contributed by atoms with Gasteiger partial charge in [0, 0.05) is 18.7 Å². The largest absolute Gasteiger partial charge is 0.385 e. The molecule has 0 atom stereocenters. The highest BCUT2D eigenvalue weighted by Gasteiger charge is 1.90. The molecule has 0 saturated carbocycles. The predicted octanol–water partition coefficient (Wildman–Crippen LogP) is 3.34. The number of halogens is 1. The fourth-order valence-corrected chi connectivity index (χ4v) is 1.05. The molecule has 0 rings (SSSR count). The minimum atomic E-state index is 0.775. The Bertz CT molecular complexity index is 102. The fourth-order valence-electron chi connectivity index (χ4n) is 0.917. The highest BCUT2D eigenvalue weighted by molar-refractivity contribution is 6.29. The summed E-state index contributed by atoms with van der Waals surface area (Å²) in [5.41, 5.74) is 0. The molecular formula is C9H17ClO. The van der Waals surface area contributed by atoms with E-state index in [0.29, 0.717) is 0 Å². The van der Waals surface area contributed by atoms with Crippen molar-refractivity contribution in [2.75, 3.05) is 13.7 Å². The number of methoxy groups -OCH3 is 1. The molecule has 0 fully saturated rings. The minimum absolute atomic E-state index is 0.775. The first kappa shape index (κ1) is 11.0. The van der Waals surface area contributed by atoms with E-state index in [1.54, 1.807) is 7.11 Å². The Hall–Kier alpha value is -0.0100. The average molecular weight is 177 g/mol. The second-order valence-corrected chi connectivity index (χ2v) is 3.21. The van der Waals surface area contributed by atoms with Crippen molar-refractivity contribution in [3.8, 4) is 0 Å². The molecule has 0 aliphatic heterocycles. The van der Waals surface area contributed by atoms with Gasteiger partial charge < -0.3 is 4.74 Å². The molecule has 1 nitrogen and oxygen atoms in total. The summed E-state index contributed by atoms with van der Waals surface area (Å²) in [4.78, 5) is 0. The van der Waals surface area contributed by atoms with Gasteiger partial charge in [-0.15, -0.1) is 0 Å². The van der Waals surface area contributed by atoms with Crippen molar-refractivity contribution in [3.63, 3.8) is 0 Å². The third-order valence-electron chi connectivity index (χ3n) is 1.55. The van der Waals surface area contributed by atoms with Crippen LogP contribution in [0.2, 0.25) is 0 Å². The molecule has 0 aromatic carbocycles. The lowest BCUT2D eigenvalue weighted by atomic mass is 10.1. The van der Waals surface area contributed by atoms with Crippen molar-refractivity contribution in [2.24, 2.45) is 0 Å². The van der Waals surface area contributed by atoms with E-state index in [0.717, 1.165) is 30.9 Å². The lowest BCUT2D eigenvalue weighted by molar-refractivity contribution is 0.192. The molecule has 0 spiro atoms. The molecule has 0 saturated heterocycles. The number of hydrogen-bond donors (Lipinski definition) is 0. The Balaban J connectivity index is 2.85. The van der Waals surface area contributed by atoms with Gasteiger partial charge in [-0.1, -0.05) is 31.0 Å². The van der Waals surface area contributed by atoms with Crippen molar-refractivity contribution in [1.29, 1.82) is 0 Å². The normalized spacial score (nSPS) is 10.0. The van der Waals surface area contributed by atoms with Crippen LogP contribution in [0.1, 0.15) is 32.1 Å². The summed E-state index contributed by atoms with van der Waals surface area (Å²) in [6.07, 6.45) is 5.74. The van der Waals surface area contributed by atoms with E-state index >= 15 is 0 Å². The molecule has 0 aromatic rings. The number of allylic oxidation sites excluding steroid dienone is 1. The second kappa shape index (κ2) is 8.09. The highest BCUT2D eigenvalue weighted by Crippen LogP contribution is 2.10. The van der Waals surface area contributed by atoms with Gasteiger partial charge in [-0.05, 0) is 19.3 Å². The van der Waals surface area contributed by atoms with Crippen molar-refractivity contribution in [1.82, 2.24) is 0 Å². The Morgan fingerprint density at radius 3 is 2.45 bits per heavy atom. The van der Waals surface area contributed by atoms with E-state index in [1.165, 1.54) is 12.8 Å². The van der Waals surface area contributed by atoms with Crippen molar-refractivity contribution in [3.05, 3.63) is 11.6 Å². The lowest BCUT2D eigenvalue weighted by Crippen LogP contribution is -1.87. The summed E-state index contributed by atoms with van der Waals surface area (Å²) < 4.78 is 4.93. The van der Waals surface area contributed by atoms with Gasteiger partial charge in [0.1, 0.15) is 0 Å². The quantitative estimate of drug-likeness (QED) is 0.541. The lowest BCUT2D eigenvalue weighted by Gasteiger charge is -1.99. The van der Waals surface area contributed by atoms with Crippen molar-refractivity contribution >= 4 is 11.6 Å². The maximum Gasteiger partial charge on any atom is 0.0462 e. The van der Waals surface area contributed by atoms with Gasteiger partial charge in [0.25, 0.3) is 0 Å². The number of unbranched alkanes of at least 4 members (excludes halogenated alkanes) is 3. The zero-order valence-corrected chi connectivity index (χ0v) is 7.99. The summed E-state index contributed by atoms with van der Waals surface area (Å²) in [5, 5.41) is 0.775. The van der Waals surface area contributed by atoms with Crippen LogP contribution in [0, 0.1) is 0 Å². The summed E-state index contributed by atoms with van der Waals surface area (Å²) in [6, 6.07) is 0. The minimum Gasteiger partial charge on any atom is -0.385 e. The van der Waals surface area contributed by atoms with E-state index in [4.69, 9.17) is 16.3 Å². The molecule has 66 valence electrons. The van der Waals surface area contributed by atoms with Crippen LogP contribution in [0.15, 0.2) is 11.6 Å². The predicted molar refractivity (Wildman–Crippen MR) is 50.0 cm³/mol. The SMILES string of the molecule is C=C(Cl)CCCCCCOC. The van der Waals surface area contributed by atoms with Gasteiger partial charge in [-0.3, -0.25) is 0 Å². The Labute approximate surface area is 74.4 Å². The average Bonchev–Trinajstić information content (AvgIpc) is 1.96. The summed E-state index contributed by atoms with van der Waals surface area (Å²) >= 11 is 5.60. The maximum absolute atomic E-state index is 5.60. The first-order valence-corrected chi connectivity index (χ1v) is 4.47. The molecule has 0 N–H and O–H groups in total. The molecule has 0 aliphatic carbocycles. The molecule has 2 heteroatoms. The Morgan fingerprint density at radius 2 is 1.91 bits per heavy atom. The van der Waals surface area contributed by atoms with E-state index in [9.17, 15) is 0 Å². The van der Waals surface area contributed by atoms with Gasteiger partial charge in [-0.25, -0.2) is 0 Å². The molecule has 0 aliphatic rings. The third kappa shape index (κ3) is 9.99. The van der Waals surface area contributed by atoms with Crippen LogP contribution >= 0.6 is 11.6 Å². The van der Waals surface area contributed by atoms with Gasteiger partial charge in [0.15, 0.2) is 0 Å². The smallest absolute Gasteiger partial charge is 0.0462 e. The van der Waals surface area contributed by atoms with Crippen LogP contribution in [-0.2, 0) is 4.74 Å². The molecule has 0 amide bonds. The maximum atomic E-state index is 5.60. The van der Waals surface area contributed by atoms with Crippen LogP contribution < -0.4 is 0 Å². The molecule has 0 unspecified atom stereocenters. The zero-order valence-electron chi connectivity index (χ0n) is 7.24. The summed E-state index contributed by atoms with van der Waals surface area (Å²) in [7, 11) is 1.74. The topological polar surface area (TPSA) is 9.23 Å². The van der Waals surface area contributed by atoms with Gasteiger partial charge >= 0.3 is 0 Å². The summed E-state index contributed by atoms with van der Waals surface area (Å²) in [6.45, 7) is 4.51. The standard InChI is InChI=1S/C9H17ClO/c1-9(10)7-5-3-4-6-8-11-2/h1,3-8H2,2H3. The van der Waals surface area contributed by atoms with E-state index in [-0.39, 0.29) is 0 Å². The molecular weight excluding hydrogens is 160 g/mol. The van der Waals surface area contributed by atoms with Crippen LogP contribution in [0.4, 0.5) is 0 Å². The third-order valence-corrected chi connectivity index (χ3v) is 1.74. The van der Waals surface area contributed by atoms with Gasteiger partial charge in [0.2, 0.25) is 0 Å². The Morgan fingerprint density at radius 1 is 1.27 bits per heavy atom. The Kier molecular flexibility index (Phi) is 8.08. The number of rotatable bonds is 7.